The smallest absolute Gasteiger partial charge is 0.254 e. The molecular formula is C15H16F2N2O2. The molecule has 1 aromatic carbocycles. The Kier molecular flexibility index (Phi) is 3.97. The Hall–Kier alpha value is -2.37. The lowest BCUT2D eigenvalue weighted by atomic mass is 10.1. The number of rotatable bonds is 3. The second kappa shape index (κ2) is 5.55. The van der Waals surface area contributed by atoms with E-state index in [1.165, 1.54) is 0 Å². The van der Waals surface area contributed by atoms with Crippen molar-refractivity contribution >= 4 is 11.6 Å². The van der Waals surface area contributed by atoms with Gasteiger partial charge in [-0.1, -0.05) is 0 Å². The molecule has 0 aliphatic heterocycles. The van der Waals surface area contributed by atoms with Gasteiger partial charge in [-0.3, -0.25) is 4.79 Å². The van der Waals surface area contributed by atoms with E-state index in [0.29, 0.717) is 11.8 Å². The first-order valence-electron chi connectivity index (χ1n) is 6.42. The summed E-state index contributed by atoms with van der Waals surface area (Å²) in [7, 11) is 0. The van der Waals surface area contributed by atoms with Crippen molar-refractivity contribution in [2.24, 2.45) is 0 Å². The van der Waals surface area contributed by atoms with Gasteiger partial charge in [0.2, 0.25) is 0 Å². The molecule has 1 aromatic heterocycles. The van der Waals surface area contributed by atoms with Crippen LogP contribution in [0.5, 0.6) is 0 Å². The second-order valence-corrected chi connectivity index (χ2v) is 4.92. The molecule has 0 saturated heterocycles. The maximum atomic E-state index is 13.6. The average molecular weight is 294 g/mol. The number of halogens is 2. The molecule has 4 nitrogen and oxygen atoms in total. The summed E-state index contributed by atoms with van der Waals surface area (Å²) in [6, 6.07) is 3.01. The van der Waals surface area contributed by atoms with Crippen LogP contribution < -0.4 is 11.1 Å². The molecule has 1 amide bonds. The molecule has 0 aliphatic rings. The molecule has 3 N–H and O–H groups in total. The molecule has 2 aromatic rings. The van der Waals surface area contributed by atoms with Crippen LogP contribution in [0.15, 0.2) is 22.6 Å². The molecule has 21 heavy (non-hydrogen) atoms. The van der Waals surface area contributed by atoms with Crippen LogP contribution in [-0.2, 0) is 0 Å². The SMILES string of the molecule is Cc1cc(C(C)NC(=O)c2cc(N)c(F)cc2F)c(C)o1. The molecule has 0 radical (unpaired) electrons. The summed E-state index contributed by atoms with van der Waals surface area (Å²) in [5, 5.41) is 2.64. The highest BCUT2D eigenvalue weighted by Gasteiger charge is 2.19. The first-order chi connectivity index (χ1) is 9.79. The van der Waals surface area contributed by atoms with Crippen molar-refractivity contribution in [1.82, 2.24) is 5.32 Å². The third-order valence-electron chi connectivity index (χ3n) is 3.22. The summed E-state index contributed by atoms with van der Waals surface area (Å²) >= 11 is 0. The van der Waals surface area contributed by atoms with E-state index in [1.807, 2.05) is 0 Å². The molecule has 1 unspecified atom stereocenters. The number of hydrogen-bond acceptors (Lipinski definition) is 3. The van der Waals surface area contributed by atoms with Crippen molar-refractivity contribution in [1.29, 1.82) is 0 Å². The fourth-order valence-electron chi connectivity index (χ4n) is 2.17. The van der Waals surface area contributed by atoms with Crippen LogP contribution in [0.25, 0.3) is 0 Å². The van der Waals surface area contributed by atoms with Gasteiger partial charge in [0.15, 0.2) is 0 Å². The molecule has 2 rings (SSSR count). The number of anilines is 1. The van der Waals surface area contributed by atoms with Gasteiger partial charge in [-0.2, -0.15) is 0 Å². The van der Waals surface area contributed by atoms with Gasteiger partial charge < -0.3 is 15.5 Å². The van der Waals surface area contributed by atoms with E-state index in [0.717, 1.165) is 17.4 Å². The summed E-state index contributed by atoms with van der Waals surface area (Å²) in [4.78, 5) is 12.1. The van der Waals surface area contributed by atoms with Gasteiger partial charge in [-0.05, 0) is 32.9 Å². The van der Waals surface area contributed by atoms with Gasteiger partial charge in [-0.25, -0.2) is 8.78 Å². The highest BCUT2D eigenvalue weighted by atomic mass is 19.1. The molecule has 0 fully saturated rings. The first-order valence-corrected chi connectivity index (χ1v) is 6.42. The largest absolute Gasteiger partial charge is 0.466 e. The molecule has 1 atom stereocenters. The van der Waals surface area contributed by atoms with E-state index in [1.54, 1.807) is 26.8 Å². The molecule has 0 spiro atoms. The maximum absolute atomic E-state index is 13.6. The highest BCUT2D eigenvalue weighted by Crippen LogP contribution is 2.22. The fraction of sp³-hybridized carbons (Fsp3) is 0.267. The molecule has 0 bridgehead atoms. The zero-order chi connectivity index (χ0) is 15.7. The third kappa shape index (κ3) is 3.04. The standard InChI is InChI=1S/C15H16F2N2O2/c1-7-4-10(9(3)21-7)8(2)19-15(20)11-5-14(18)13(17)6-12(11)16/h4-6,8H,18H2,1-3H3,(H,19,20). The van der Waals surface area contributed by atoms with Gasteiger partial charge in [-0.15, -0.1) is 0 Å². The molecule has 112 valence electrons. The lowest BCUT2D eigenvalue weighted by molar-refractivity contribution is 0.0935. The summed E-state index contributed by atoms with van der Waals surface area (Å²) in [5.41, 5.74) is 5.60. The minimum absolute atomic E-state index is 0.274. The fourth-order valence-corrected chi connectivity index (χ4v) is 2.17. The lowest BCUT2D eigenvalue weighted by Crippen LogP contribution is -2.27. The monoisotopic (exact) mass is 294 g/mol. The number of furan rings is 1. The summed E-state index contributed by atoms with van der Waals surface area (Å²) in [6.07, 6.45) is 0. The minimum Gasteiger partial charge on any atom is -0.466 e. The Morgan fingerprint density at radius 3 is 2.48 bits per heavy atom. The molecule has 1 heterocycles. The maximum Gasteiger partial charge on any atom is 0.254 e. The van der Waals surface area contributed by atoms with Crippen molar-refractivity contribution in [2.75, 3.05) is 5.73 Å². The number of nitrogen functional groups attached to an aromatic ring is 1. The van der Waals surface area contributed by atoms with Crippen molar-refractivity contribution in [2.45, 2.75) is 26.8 Å². The molecule has 6 heteroatoms. The van der Waals surface area contributed by atoms with Crippen molar-refractivity contribution < 1.29 is 18.0 Å². The number of carbonyl (C=O) groups excluding carboxylic acids is 1. The Labute approximate surface area is 120 Å². The Morgan fingerprint density at radius 2 is 1.90 bits per heavy atom. The first kappa shape index (κ1) is 15.0. The molecular weight excluding hydrogens is 278 g/mol. The van der Waals surface area contributed by atoms with Crippen molar-refractivity contribution in [3.63, 3.8) is 0 Å². The number of nitrogens with two attached hydrogens (primary N) is 1. The van der Waals surface area contributed by atoms with Crippen LogP contribution in [-0.4, -0.2) is 5.91 Å². The average Bonchev–Trinajstić information content (AvgIpc) is 2.72. The zero-order valence-electron chi connectivity index (χ0n) is 12.0. The Morgan fingerprint density at radius 1 is 1.24 bits per heavy atom. The van der Waals surface area contributed by atoms with Gasteiger partial charge in [0, 0.05) is 11.6 Å². The zero-order valence-corrected chi connectivity index (χ0v) is 12.0. The lowest BCUT2D eigenvalue weighted by Gasteiger charge is -2.14. The number of aryl methyl sites for hydroxylation is 2. The molecule has 0 aliphatic carbocycles. The quantitative estimate of drug-likeness (QED) is 0.854. The van der Waals surface area contributed by atoms with Crippen LogP contribution in [0.4, 0.5) is 14.5 Å². The van der Waals surface area contributed by atoms with E-state index >= 15 is 0 Å². The van der Waals surface area contributed by atoms with Crippen LogP contribution in [0.3, 0.4) is 0 Å². The second-order valence-electron chi connectivity index (χ2n) is 4.92. The van der Waals surface area contributed by atoms with Crippen LogP contribution in [0.1, 0.15) is 40.4 Å². The summed E-state index contributed by atoms with van der Waals surface area (Å²) in [6.45, 7) is 5.33. The predicted molar refractivity (Wildman–Crippen MR) is 74.8 cm³/mol. The van der Waals surface area contributed by atoms with Gasteiger partial charge in [0.1, 0.15) is 23.2 Å². The van der Waals surface area contributed by atoms with Crippen LogP contribution >= 0.6 is 0 Å². The number of amides is 1. The van der Waals surface area contributed by atoms with Crippen molar-refractivity contribution in [3.05, 3.63) is 52.5 Å². The molecule has 0 saturated carbocycles. The van der Waals surface area contributed by atoms with E-state index in [2.05, 4.69) is 5.32 Å². The van der Waals surface area contributed by atoms with Gasteiger partial charge in [0.25, 0.3) is 5.91 Å². The Balaban J connectivity index is 2.22. The predicted octanol–water partition coefficient (Wildman–Crippen LogP) is 3.25. The minimum atomic E-state index is -0.952. The highest BCUT2D eigenvalue weighted by molar-refractivity contribution is 5.95. The summed E-state index contributed by atoms with van der Waals surface area (Å²) < 4.78 is 32.1. The van der Waals surface area contributed by atoms with Gasteiger partial charge in [0.05, 0.1) is 17.3 Å². The number of hydrogen-bond donors (Lipinski definition) is 2. The topological polar surface area (TPSA) is 68.3 Å². The van der Waals surface area contributed by atoms with Gasteiger partial charge >= 0.3 is 0 Å². The number of carbonyl (C=O) groups is 1. The van der Waals surface area contributed by atoms with E-state index in [9.17, 15) is 13.6 Å². The van der Waals surface area contributed by atoms with E-state index < -0.39 is 17.5 Å². The van der Waals surface area contributed by atoms with E-state index in [-0.39, 0.29) is 17.3 Å². The number of benzene rings is 1. The Bertz CT molecular complexity index is 695. The van der Waals surface area contributed by atoms with E-state index in [4.69, 9.17) is 10.2 Å². The number of nitrogens with one attached hydrogen (secondary N) is 1. The third-order valence-corrected chi connectivity index (χ3v) is 3.22. The van der Waals surface area contributed by atoms with Crippen LogP contribution in [0.2, 0.25) is 0 Å². The normalized spacial score (nSPS) is 12.2. The van der Waals surface area contributed by atoms with Crippen molar-refractivity contribution in [3.8, 4) is 0 Å². The van der Waals surface area contributed by atoms with Crippen LogP contribution in [0, 0.1) is 25.5 Å². The summed E-state index contributed by atoms with van der Waals surface area (Å²) in [5.74, 6) is -1.10.